The highest BCUT2D eigenvalue weighted by molar-refractivity contribution is 6.00. The van der Waals surface area contributed by atoms with Crippen LogP contribution in [0.5, 0.6) is 5.75 Å². The number of piperidine rings is 1. The van der Waals surface area contributed by atoms with E-state index >= 15 is 0 Å². The number of benzene rings is 2. The minimum absolute atomic E-state index is 0.0336. The molecule has 7 heteroatoms. The molecule has 3 aromatic rings. The fourth-order valence-corrected chi connectivity index (χ4v) is 4.11. The van der Waals surface area contributed by atoms with Gasteiger partial charge in [-0.2, -0.15) is 5.10 Å². The lowest BCUT2D eigenvalue weighted by Gasteiger charge is -2.31. The topological polar surface area (TPSA) is 76.5 Å². The maximum atomic E-state index is 13.6. The van der Waals surface area contributed by atoms with E-state index in [0.717, 1.165) is 23.4 Å². The smallest absolute Gasteiger partial charge is 0.257 e. The van der Waals surface area contributed by atoms with Crippen molar-refractivity contribution in [3.05, 3.63) is 66.4 Å². The molecule has 2 heterocycles. The van der Waals surface area contributed by atoms with Crippen molar-refractivity contribution in [1.82, 2.24) is 20.0 Å². The van der Waals surface area contributed by atoms with Crippen molar-refractivity contribution in [2.24, 2.45) is 5.92 Å². The van der Waals surface area contributed by atoms with Gasteiger partial charge in [0, 0.05) is 37.3 Å². The number of rotatable bonds is 7. The summed E-state index contributed by atoms with van der Waals surface area (Å²) in [5, 5.41) is 7.74. The third kappa shape index (κ3) is 5.08. The van der Waals surface area contributed by atoms with Gasteiger partial charge >= 0.3 is 0 Å². The standard InChI is InChI=1S/C26H30N4O3/c1-3-15-27-25(31)20-13-16-29(17-14-20)26(32)23-18-30(21-7-5-4-6-8-21)28-24(23)19-9-11-22(33-2)12-10-19/h4-12,18,20H,3,13-17H2,1-2H3,(H,27,31). The Kier molecular flexibility index (Phi) is 7.07. The summed E-state index contributed by atoms with van der Waals surface area (Å²) in [6.45, 7) is 3.85. The Hall–Kier alpha value is -3.61. The summed E-state index contributed by atoms with van der Waals surface area (Å²) in [6, 6.07) is 17.3. The number of ether oxygens (including phenoxy) is 1. The molecule has 0 radical (unpaired) electrons. The van der Waals surface area contributed by atoms with Gasteiger partial charge in [-0.1, -0.05) is 25.1 Å². The molecule has 0 spiro atoms. The van der Waals surface area contributed by atoms with Crippen LogP contribution in [0.2, 0.25) is 0 Å². The molecule has 1 aromatic heterocycles. The summed E-state index contributed by atoms with van der Waals surface area (Å²) < 4.78 is 7.02. The molecule has 0 atom stereocenters. The molecule has 1 fully saturated rings. The predicted molar refractivity (Wildman–Crippen MR) is 127 cm³/mol. The summed E-state index contributed by atoms with van der Waals surface area (Å²) in [6.07, 6.45) is 4.07. The lowest BCUT2D eigenvalue weighted by molar-refractivity contribution is -0.126. The highest BCUT2D eigenvalue weighted by Gasteiger charge is 2.30. The first-order valence-electron chi connectivity index (χ1n) is 11.5. The summed E-state index contributed by atoms with van der Waals surface area (Å²) in [5.41, 5.74) is 2.92. The van der Waals surface area contributed by atoms with Crippen molar-refractivity contribution in [1.29, 1.82) is 0 Å². The van der Waals surface area contributed by atoms with Gasteiger partial charge < -0.3 is 15.0 Å². The van der Waals surface area contributed by atoms with Crippen LogP contribution in [0.3, 0.4) is 0 Å². The van der Waals surface area contributed by atoms with Crippen LogP contribution in [0.25, 0.3) is 16.9 Å². The van der Waals surface area contributed by atoms with Crippen LogP contribution in [0.4, 0.5) is 0 Å². The Labute approximate surface area is 194 Å². The second kappa shape index (κ2) is 10.3. The van der Waals surface area contributed by atoms with Gasteiger partial charge in [0.1, 0.15) is 11.4 Å². The van der Waals surface area contributed by atoms with E-state index in [2.05, 4.69) is 5.32 Å². The lowest BCUT2D eigenvalue weighted by Crippen LogP contribution is -2.43. The zero-order valence-electron chi connectivity index (χ0n) is 19.2. The molecule has 1 saturated heterocycles. The van der Waals surface area contributed by atoms with Crippen LogP contribution in [-0.4, -0.2) is 53.2 Å². The first-order valence-corrected chi connectivity index (χ1v) is 11.5. The normalized spacial score (nSPS) is 14.2. The minimum Gasteiger partial charge on any atom is -0.497 e. The van der Waals surface area contributed by atoms with Crippen molar-refractivity contribution < 1.29 is 14.3 Å². The van der Waals surface area contributed by atoms with Gasteiger partial charge in [0.05, 0.1) is 18.4 Å². The molecule has 172 valence electrons. The van der Waals surface area contributed by atoms with E-state index in [0.29, 0.717) is 43.7 Å². The number of aromatic nitrogens is 2. The average molecular weight is 447 g/mol. The first-order chi connectivity index (χ1) is 16.1. The molecule has 4 rings (SSSR count). The fraction of sp³-hybridized carbons (Fsp3) is 0.346. The van der Waals surface area contributed by atoms with Crippen molar-refractivity contribution in [2.45, 2.75) is 26.2 Å². The number of carbonyl (C=O) groups excluding carboxylic acids is 2. The molecule has 33 heavy (non-hydrogen) atoms. The van der Waals surface area contributed by atoms with Crippen molar-refractivity contribution >= 4 is 11.8 Å². The maximum absolute atomic E-state index is 13.6. The van der Waals surface area contributed by atoms with Gasteiger partial charge in [-0.25, -0.2) is 4.68 Å². The summed E-state index contributed by atoms with van der Waals surface area (Å²) in [4.78, 5) is 27.7. The molecule has 1 aliphatic rings. The van der Waals surface area contributed by atoms with Gasteiger partial charge in [-0.15, -0.1) is 0 Å². The average Bonchev–Trinajstić information content (AvgIpc) is 3.33. The number of para-hydroxylation sites is 1. The molecular formula is C26H30N4O3. The second-order valence-corrected chi connectivity index (χ2v) is 8.26. The molecule has 2 amide bonds. The summed E-state index contributed by atoms with van der Waals surface area (Å²) in [5.74, 6) is 0.751. The number of nitrogens with zero attached hydrogens (tertiary/aromatic N) is 3. The minimum atomic E-state index is -0.0598. The van der Waals surface area contributed by atoms with Gasteiger partial charge in [-0.3, -0.25) is 9.59 Å². The van der Waals surface area contributed by atoms with E-state index in [9.17, 15) is 9.59 Å². The maximum Gasteiger partial charge on any atom is 0.257 e. The molecule has 0 unspecified atom stereocenters. The molecule has 2 aromatic carbocycles. The van der Waals surface area contributed by atoms with E-state index in [4.69, 9.17) is 9.84 Å². The zero-order valence-corrected chi connectivity index (χ0v) is 19.2. The van der Waals surface area contributed by atoms with Gasteiger partial charge in [0.15, 0.2) is 0 Å². The molecule has 0 saturated carbocycles. The monoisotopic (exact) mass is 446 g/mol. The Bertz CT molecular complexity index is 1080. The van der Waals surface area contributed by atoms with Crippen molar-refractivity contribution in [3.8, 4) is 22.7 Å². The van der Waals surface area contributed by atoms with E-state index < -0.39 is 0 Å². The van der Waals surface area contributed by atoms with Crippen molar-refractivity contribution in [2.75, 3.05) is 26.7 Å². The van der Waals surface area contributed by atoms with Crippen LogP contribution >= 0.6 is 0 Å². The van der Waals surface area contributed by atoms with Crippen LogP contribution < -0.4 is 10.1 Å². The number of hydrogen-bond acceptors (Lipinski definition) is 4. The quantitative estimate of drug-likeness (QED) is 0.597. The zero-order chi connectivity index (χ0) is 23.2. The third-order valence-electron chi connectivity index (χ3n) is 6.03. The number of methoxy groups -OCH3 is 1. The van der Waals surface area contributed by atoms with Gasteiger partial charge in [0.25, 0.3) is 5.91 Å². The largest absolute Gasteiger partial charge is 0.497 e. The first kappa shape index (κ1) is 22.6. The summed E-state index contributed by atoms with van der Waals surface area (Å²) >= 11 is 0. The number of nitrogens with one attached hydrogen (secondary N) is 1. The van der Waals surface area contributed by atoms with Crippen LogP contribution in [0.1, 0.15) is 36.5 Å². The highest BCUT2D eigenvalue weighted by Crippen LogP contribution is 2.28. The second-order valence-electron chi connectivity index (χ2n) is 8.26. The molecule has 0 bridgehead atoms. The van der Waals surface area contributed by atoms with Crippen LogP contribution in [0.15, 0.2) is 60.8 Å². The number of likely N-dealkylation sites (tertiary alicyclic amines) is 1. The molecular weight excluding hydrogens is 416 g/mol. The van der Waals surface area contributed by atoms with E-state index in [1.165, 1.54) is 0 Å². The Balaban J connectivity index is 1.58. The molecule has 7 nitrogen and oxygen atoms in total. The lowest BCUT2D eigenvalue weighted by atomic mass is 9.95. The van der Waals surface area contributed by atoms with Gasteiger partial charge in [-0.05, 0) is 55.7 Å². The van der Waals surface area contributed by atoms with Crippen molar-refractivity contribution in [3.63, 3.8) is 0 Å². The van der Waals surface area contributed by atoms with Gasteiger partial charge in [0.2, 0.25) is 5.91 Å². The fourth-order valence-electron chi connectivity index (χ4n) is 4.11. The Morgan fingerprint density at radius 3 is 2.39 bits per heavy atom. The molecule has 0 aliphatic carbocycles. The number of carbonyl (C=O) groups is 2. The number of amides is 2. The molecule has 1 aliphatic heterocycles. The predicted octanol–water partition coefficient (Wildman–Crippen LogP) is 3.93. The highest BCUT2D eigenvalue weighted by atomic mass is 16.5. The van der Waals surface area contributed by atoms with E-state index in [1.54, 1.807) is 18.0 Å². The van der Waals surface area contributed by atoms with Crippen LogP contribution in [0, 0.1) is 5.92 Å². The summed E-state index contributed by atoms with van der Waals surface area (Å²) in [7, 11) is 1.63. The molecule has 1 N–H and O–H groups in total. The van der Waals surface area contributed by atoms with E-state index in [1.807, 2.05) is 66.4 Å². The van der Waals surface area contributed by atoms with Crippen LogP contribution in [-0.2, 0) is 4.79 Å². The SMILES string of the molecule is CCCNC(=O)C1CCN(C(=O)c2cn(-c3ccccc3)nc2-c2ccc(OC)cc2)CC1. The van der Waals surface area contributed by atoms with E-state index in [-0.39, 0.29) is 17.7 Å². The Morgan fingerprint density at radius 2 is 1.76 bits per heavy atom. The Morgan fingerprint density at radius 1 is 1.06 bits per heavy atom. The third-order valence-corrected chi connectivity index (χ3v) is 6.03. The number of hydrogen-bond donors (Lipinski definition) is 1.